The molecule has 0 bridgehead atoms. The molecular formula is C24H19N5O4. The first-order valence-electron chi connectivity index (χ1n) is 10.1. The summed E-state index contributed by atoms with van der Waals surface area (Å²) >= 11 is 0. The molecule has 33 heavy (non-hydrogen) atoms. The summed E-state index contributed by atoms with van der Waals surface area (Å²) in [6.07, 6.45) is 1.57. The van der Waals surface area contributed by atoms with Crippen LogP contribution in [0.25, 0.3) is 34.2 Å². The molecule has 0 atom stereocenters. The number of amides is 1. The van der Waals surface area contributed by atoms with Gasteiger partial charge in [-0.3, -0.25) is 9.89 Å². The van der Waals surface area contributed by atoms with Gasteiger partial charge in [0.2, 0.25) is 5.82 Å². The smallest absolute Gasteiger partial charge is 0.276 e. The number of methoxy groups -OCH3 is 1. The highest BCUT2D eigenvalue weighted by Crippen LogP contribution is 2.26. The van der Waals surface area contributed by atoms with Crippen molar-refractivity contribution in [2.24, 2.45) is 0 Å². The number of H-pyrrole nitrogens is 1. The average molecular weight is 441 g/mol. The van der Waals surface area contributed by atoms with Crippen LogP contribution < -0.4 is 10.1 Å². The van der Waals surface area contributed by atoms with Crippen LogP contribution in [0, 0.1) is 0 Å². The molecule has 0 fully saturated rings. The van der Waals surface area contributed by atoms with Gasteiger partial charge in [-0.05, 0) is 54.6 Å². The van der Waals surface area contributed by atoms with Crippen LogP contribution in [-0.4, -0.2) is 33.4 Å². The van der Waals surface area contributed by atoms with E-state index in [9.17, 15) is 4.79 Å². The lowest BCUT2D eigenvalue weighted by molar-refractivity contribution is 0.0948. The highest BCUT2D eigenvalue weighted by Gasteiger charge is 2.15. The van der Waals surface area contributed by atoms with Crippen molar-refractivity contribution in [2.45, 2.75) is 6.54 Å². The first-order valence-corrected chi connectivity index (χ1v) is 10.1. The zero-order valence-corrected chi connectivity index (χ0v) is 17.6. The minimum atomic E-state index is -0.227. The van der Waals surface area contributed by atoms with Gasteiger partial charge >= 0.3 is 0 Å². The van der Waals surface area contributed by atoms with Gasteiger partial charge in [-0.2, -0.15) is 10.1 Å². The molecule has 2 aromatic carbocycles. The van der Waals surface area contributed by atoms with Crippen LogP contribution in [-0.2, 0) is 6.54 Å². The van der Waals surface area contributed by atoms with Gasteiger partial charge in [0.1, 0.15) is 17.2 Å². The van der Waals surface area contributed by atoms with Crippen molar-refractivity contribution in [1.82, 2.24) is 25.7 Å². The Hall–Kier alpha value is -4.66. The van der Waals surface area contributed by atoms with Crippen molar-refractivity contribution in [2.75, 3.05) is 7.11 Å². The summed E-state index contributed by atoms with van der Waals surface area (Å²) < 4.78 is 15.8. The zero-order chi connectivity index (χ0) is 22.6. The molecule has 9 heteroatoms. The third-order valence-electron chi connectivity index (χ3n) is 5.01. The summed E-state index contributed by atoms with van der Waals surface area (Å²) in [6.45, 7) is 0.304. The van der Waals surface area contributed by atoms with Gasteiger partial charge in [-0.1, -0.05) is 17.3 Å². The highest BCUT2D eigenvalue weighted by molar-refractivity contribution is 5.95. The first-order chi connectivity index (χ1) is 16.2. The largest absolute Gasteiger partial charge is 0.497 e. The SMILES string of the molecule is COc1ccc(-c2cc(-c3nc(-c4cccc(C(=O)NCc5ccco5)c4)no3)[nH]n2)cc1. The number of ether oxygens (including phenoxy) is 1. The highest BCUT2D eigenvalue weighted by atomic mass is 16.5. The van der Waals surface area contributed by atoms with Crippen molar-refractivity contribution < 1.29 is 18.5 Å². The van der Waals surface area contributed by atoms with Crippen LogP contribution in [0.1, 0.15) is 16.1 Å². The molecule has 1 amide bonds. The topological polar surface area (TPSA) is 119 Å². The minimum absolute atomic E-state index is 0.227. The second kappa shape index (κ2) is 8.83. The van der Waals surface area contributed by atoms with E-state index in [1.807, 2.05) is 36.4 Å². The van der Waals surface area contributed by atoms with Gasteiger partial charge in [0.25, 0.3) is 11.8 Å². The lowest BCUT2D eigenvalue weighted by atomic mass is 10.1. The second-order valence-electron chi connectivity index (χ2n) is 7.16. The lowest BCUT2D eigenvalue weighted by Crippen LogP contribution is -2.22. The van der Waals surface area contributed by atoms with Gasteiger partial charge in [-0.15, -0.1) is 0 Å². The molecule has 0 aliphatic heterocycles. The monoisotopic (exact) mass is 441 g/mol. The number of furan rings is 1. The summed E-state index contributed by atoms with van der Waals surface area (Å²) in [6, 6.07) is 20.0. The Labute approximate surface area is 188 Å². The van der Waals surface area contributed by atoms with E-state index >= 15 is 0 Å². The van der Waals surface area contributed by atoms with Crippen LogP contribution in [0.5, 0.6) is 5.75 Å². The van der Waals surface area contributed by atoms with E-state index in [-0.39, 0.29) is 5.91 Å². The number of nitrogens with zero attached hydrogens (tertiary/aromatic N) is 3. The van der Waals surface area contributed by atoms with Crippen molar-refractivity contribution >= 4 is 5.91 Å². The summed E-state index contributed by atoms with van der Waals surface area (Å²) in [5, 5.41) is 14.1. The maximum atomic E-state index is 12.5. The van der Waals surface area contributed by atoms with Crippen LogP contribution in [0.15, 0.2) is 81.9 Å². The second-order valence-corrected chi connectivity index (χ2v) is 7.16. The van der Waals surface area contributed by atoms with Gasteiger partial charge in [-0.25, -0.2) is 0 Å². The molecule has 0 spiro atoms. The summed E-state index contributed by atoms with van der Waals surface area (Å²) in [5.41, 5.74) is 3.39. The number of rotatable bonds is 7. The molecule has 0 saturated carbocycles. The number of carbonyl (C=O) groups excluding carboxylic acids is 1. The Morgan fingerprint density at radius 3 is 2.73 bits per heavy atom. The van der Waals surface area contributed by atoms with Crippen LogP contribution in [0.3, 0.4) is 0 Å². The molecule has 2 N–H and O–H groups in total. The Balaban J connectivity index is 1.32. The molecule has 0 aliphatic rings. The zero-order valence-electron chi connectivity index (χ0n) is 17.6. The Morgan fingerprint density at radius 1 is 1.06 bits per heavy atom. The fourth-order valence-corrected chi connectivity index (χ4v) is 3.27. The third-order valence-corrected chi connectivity index (χ3v) is 5.01. The normalized spacial score (nSPS) is 10.8. The molecule has 3 heterocycles. The molecule has 9 nitrogen and oxygen atoms in total. The third kappa shape index (κ3) is 4.38. The Bertz CT molecular complexity index is 1370. The van der Waals surface area contributed by atoms with E-state index < -0.39 is 0 Å². The number of hydrogen-bond acceptors (Lipinski definition) is 7. The van der Waals surface area contributed by atoms with Crippen LogP contribution in [0.4, 0.5) is 0 Å². The summed E-state index contributed by atoms with van der Waals surface area (Å²) in [5.74, 6) is 1.88. The average Bonchev–Trinajstić information content (AvgIpc) is 3.64. The minimum Gasteiger partial charge on any atom is -0.497 e. The predicted molar refractivity (Wildman–Crippen MR) is 119 cm³/mol. The molecule has 164 valence electrons. The number of carbonyl (C=O) groups is 1. The molecular weight excluding hydrogens is 422 g/mol. The van der Waals surface area contributed by atoms with E-state index in [0.717, 1.165) is 17.0 Å². The van der Waals surface area contributed by atoms with Gasteiger partial charge in [0, 0.05) is 16.7 Å². The summed E-state index contributed by atoms with van der Waals surface area (Å²) in [4.78, 5) is 16.9. The van der Waals surface area contributed by atoms with E-state index in [4.69, 9.17) is 13.7 Å². The number of aromatic amines is 1. The van der Waals surface area contributed by atoms with Gasteiger partial charge in [0.05, 0.1) is 25.6 Å². The van der Waals surface area contributed by atoms with E-state index in [1.165, 1.54) is 0 Å². The fraction of sp³-hybridized carbons (Fsp3) is 0.0833. The van der Waals surface area contributed by atoms with Crippen LogP contribution >= 0.6 is 0 Å². The maximum Gasteiger partial charge on any atom is 0.276 e. The maximum absolute atomic E-state index is 12.5. The first kappa shape index (κ1) is 20.3. The molecule has 0 aliphatic carbocycles. The van der Waals surface area contributed by atoms with Crippen molar-refractivity contribution in [3.05, 3.63) is 84.3 Å². The van der Waals surface area contributed by atoms with Crippen molar-refractivity contribution in [1.29, 1.82) is 0 Å². The molecule has 5 rings (SSSR count). The quantitative estimate of drug-likeness (QED) is 0.386. The number of hydrogen-bond donors (Lipinski definition) is 2. The number of benzene rings is 2. The van der Waals surface area contributed by atoms with Gasteiger partial charge in [0.15, 0.2) is 0 Å². The fourth-order valence-electron chi connectivity index (χ4n) is 3.27. The van der Waals surface area contributed by atoms with E-state index in [1.54, 1.807) is 43.7 Å². The molecule has 0 radical (unpaired) electrons. The molecule has 3 aromatic heterocycles. The molecule has 0 unspecified atom stereocenters. The van der Waals surface area contributed by atoms with Crippen molar-refractivity contribution in [3.63, 3.8) is 0 Å². The Morgan fingerprint density at radius 2 is 1.94 bits per heavy atom. The number of aromatic nitrogens is 4. The predicted octanol–water partition coefficient (Wildman–Crippen LogP) is 4.33. The molecule has 0 saturated heterocycles. The van der Waals surface area contributed by atoms with Gasteiger partial charge < -0.3 is 19.0 Å². The standard InChI is InChI=1S/C24H19N5O4/c1-31-18-9-7-15(8-10-18)20-13-21(28-27-20)24-26-22(29-33-24)16-4-2-5-17(12-16)23(30)25-14-19-6-3-11-32-19/h2-13H,14H2,1H3,(H,25,30)(H,27,28). The lowest BCUT2D eigenvalue weighted by Gasteiger charge is -2.04. The van der Waals surface area contributed by atoms with E-state index in [0.29, 0.717) is 40.8 Å². The summed E-state index contributed by atoms with van der Waals surface area (Å²) in [7, 11) is 1.62. The Kier molecular flexibility index (Phi) is 5.42. The van der Waals surface area contributed by atoms with Crippen molar-refractivity contribution in [3.8, 4) is 40.0 Å². The molecule has 5 aromatic rings. The van der Waals surface area contributed by atoms with Crippen LogP contribution in [0.2, 0.25) is 0 Å². The van der Waals surface area contributed by atoms with E-state index in [2.05, 4.69) is 25.7 Å². The number of nitrogens with one attached hydrogen (secondary N) is 2.